The van der Waals surface area contributed by atoms with E-state index in [1.54, 1.807) is 12.3 Å². The second kappa shape index (κ2) is 5.61. The number of nitrogens with zero attached hydrogens (tertiary/aromatic N) is 1. The van der Waals surface area contributed by atoms with E-state index in [1.165, 1.54) is 7.11 Å². The quantitative estimate of drug-likeness (QED) is 0.773. The van der Waals surface area contributed by atoms with Gasteiger partial charge in [0, 0.05) is 13.3 Å². The summed E-state index contributed by atoms with van der Waals surface area (Å²) in [5.74, 6) is 0.187. The van der Waals surface area contributed by atoms with Crippen molar-refractivity contribution in [2.24, 2.45) is 0 Å². The van der Waals surface area contributed by atoms with Gasteiger partial charge in [-0.05, 0) is 25.0 Å². The summed E-state index contributed by atoms with van der Waals surface area (Å²) in [5.41, 5.74) is 7.07. The zero-order valence-electron chi connectivity index (χ0n) is 9.99. The lowest BCUT2D eigenvalue weighted by Gasteiger charge is -2.14. The van der Waals surface area contributed by atoms with Gasteiger partial charge in [-0.1, -0.05) is 13.3 Å². The van der Waals surface area contributed by atoms with Crippen molar-refractivity contribution in [1.29, 1.82) is 0 Å². The molecule has 0 radical (unpaired) electrons. The summed E-state index contributed by atoms with van der Waals surface area (Å²) in [7, 11) is 1.54. The molecule has 1 atom stereocenters. The highest BCUT2D eigenvalue weighted by Crippen LogP contribution is 2.16. The number of Topliss-reactive ketones (excluding diaryl/α,β-unsaturated/α-hetero) is 1. The Morgan fingerprint density at radius 1 is 1.62 bits per heavy atom. The van der Waals surface area contributed by atoms with Crippen LogP contribution < -0.4 is 5.73 Å². The largest absolute Gasteiger partial charge is 0.383 e. The molecule has 2 N–H and O–H groups in total. The first-order valence-electron chi connectivity index (χ1n) is 5.39. The Balaban J connectivity index is 2.98. The topological polar surface area (TPSA) is 65.2 Å². The first-order valence-corrected chi connectivity index (χ1v) is 5.39. The van der Waals surface area contributed by atoms with E-state index >= 15 is 0 Å². The van der Waals surface area contributed by atoms with E-state index in [-0.39, 0.29) is 11.6 Å². The van der Waals surface area contributed by atoms with Crippen LogP contribution in [0, 0.1) is 6.92 Å². The minimum Gasteiger partial charge on any atom is -0.383 e. The minimum atomic E-state index is -0.420. The van der Waals surface area contributed by atoms with Crippen molar-refractivity contribution >= 4 is 11.6 Å². The number of carbonyl (C=O) groups is 1. The number of aromatic nitrogens is 1. The Hall–Kier alpha value is -1.42. The summed E-state index contributed by atoms with van der Waals surface area (Å²) >= 11 is 0. The Morgan fingerprint density at radius 3 is 2.88 bits per heavy atom. The third-order valence-corrected chi connectivity index (χ3v) is 2.45. The van der Waals surface area contributed by atoms with Crippen molar-refractivity contribution in [3.8, 4) is 0 Å². The maximum atomic E-state index is 12.1. The number of methoxy groups -OCH3 is 1. The minimum absolute atomic E-state index is 0.0851. The van der Waals surface area contributed by atoms with Crippen molar-refractivity contribution in [3.05, 3.63) is 23.4 Å². The van der Waals surface area contributed by atoms with Gasteiger partial charge in [0.05, 0.1) is 5.56 Å². The van der Waals surface area contributed by atoms with Gasteiger partial charge in [-0.25, -0.2) is 4.98 Å². The van der Waals surface area contributed by atoms with Crippen LogP contribution in [0.25, 0.3) is 0 Å². The molecule has 88 valence electrons. The predicted octanol–water partition coefficient (Wildman–Crippen LogP) is 1.97. The molecule has 4 nitrogen and oxygen atoms in total. The van der Waals surface area contributed by atoms with Crippen LogP contribution in [0.5, 0.6) is 0 Å². The molecule has 0 bridgehead atoms. The Morgan fingerprint density at radius 2 is 2.31 bits per heavy atom. The van der Waals surface area contributed by atoms with Gasteiger partial charge in [0.2, 0.25) is 0 Å². The first kappa shape index (κ1) is 12.6. The second-order valence-corrected chi connectivity index (χ2v) is 3.82. The van der Waals surface area contributed by atoms with Crippen molar-refractivity contribution in [3.63, 3.8) is 0 Å². The smallest absolute Gasteiger partial charge is 0.195 e. The number of anilines is 1. The molecule has 0 aliphatic rings. The van der Waals surface area contributed by atoms with E-state index in [0.717, 1.165) is 12.0 Å². The summed E-state index contributed by atoms with van der Waals surface area (Å²) in [6, 6.07) is 1.76. The lowest BCUT2D eigenvalue weighted by atomic mass is 10.0. The molecule has 0 amide bonds. The molecule has 4 heteroatoms. The number of rotatable bonds is 5. The fourth-order valence-corrected chi connectivity index (χ4v) is 1.57. The highest BCUT2D eigenvalue weighted by Gasteiger charge is 2.21. The summed E-state index contributed by atoms with van der Waals surface area (Å²) in [5, 5.41) is 0. The Kier molecular flexibility index (Phi) is 4.43. The normalized spacial score (nSPS) is 12.4. The fraction of sp³-hybridized carbons (Fsp3) is 0.500. The molecule has 0 aromatic carbocycles. The zero-order chi connectivity index (χ0) is 12.1. The SMILES string of the molecule is CCCC(OC)C(=O)c1cc(C)cnc1N. The standard InChI is InChI=1S/C12H18N2O2/c1-4-5-10(16-3)11(15)9-6-8(2)7-14-12(9)13/h6-7,10H,4-5H2,1-3H3,(H2,13,14). The van der Waals surface area contributed by atoms with Crippen LogP contribution in [-0.2, 0) is 4.74 Å². The van der Waals surface area contributed by atoms with Gasteiger partial charge in [0.15, 0.2) is 5.78 Å². The summed E-state index contributed by atoms with van der Waals surface area (Å²) in [6.45, 7) is 3.89. The van der Waals surface area contributed by atoms with E-state index < -0.39 is 6.10 Å². The molecule has 0 saturated carbocycles. The van der Waals surface area contributed by atoms with Gasteiger partial charge in [-0.3, -0.25) is 4.79 Å². The van der Waals surface area contributed by atoms with Crippen LogP contribution >= 0.6 is 0 Å². The first-order chi connectivity index (χ1) is 7.60. The fourth-order valence-electron chi connectivity index (χ4n) is 1.57. The monoisotopic (exact) mass is 222 g/mol. The predicted molar refractivity (Wildman–Crippen MR) is 63.4 cm³/mol. The number of aryl methyl sites for hydroxylation is 1. The van der Waals surface area contributed by atoms with E-state index in [1.807, 2.05) is 13.8 Å². The summed E-state index contributed by atoms with van der Waals surface area (Å²) in [6.07, 6.45) is 2.82. The number of ketones is 1. The van der Waals surface area contributed by atoms with Crippen molar-refractivity contribution < 1.29 is 9.53 Å². The zero-order valence-corrected chi connectivity index (χ0v) is 9.99. The molecular weight excluding hydrogens is 204 g/mol. The molecule has 0 saturated heterocycles. The van der Waals surface area contributed by atoms with Crippen molar-refractivity contribution in [2.75, 3.05) is 12.8 Å². The number of ether oxygens (including phenoxy) is 1. The van der Waals surface area contributed by atoms with Crippen molar-refractivity contribution in [2.45, 2.75) is 32.8 Å². The van der Waals surface area contributed by atoms with Gasteiger partial charge in [-0.2, -0.15) is 0 Å². The van der Waals surface area contributed by atoms with Crippen LogP contribution in [0.3, 0.4) is 0 Å². The number of nitrogens with two attached hydrogens (primary N) is 1. The molecule has 1 aromatic heterocycles. The van der Waals surface area contributed by atoms with Crippen LogP contribution in [0.15, 0.2) is 12.3 Å². The maximum Gasteiger partial charge on any atom is 0.195 e. The highest BCUT2D eigenvalue weighted by atomic mass is 16.5. The van der Waals surface area contributed by atoms with Gasteiger partial charge in [0.25, 0.3) is 0 Å². The van der Waals surface area contributed by atoms with Gasteiger partial charge in [-0.15, -0.1) is 0 Å². The summed E-state index contributed by atoms with van der Waals surface area (Å²) in [4.78, 5) is 16.1. The Bertz CT molecular complexity index is 377. The average Bonchev–Trinajstić information content (AvgIpc) is 2.28. The number of carbonyl (C=O) groups excluding carboxylic acids is 1. The van der Waals surface area contributed by atoms with E-state index in [4.69, 9.17) is 10.5 Å². The van der Waals surface area contributed by atoms with Crippen LogP contribution in [0.1, 0.15) is 35.7 Å². The molecule has 0 aliphatic heterocycles. The van der Waals surface area contributed by atoms with E-state index in [2.05, 4.69) is 4.98 Å². The van der Waals surface area contributed by atoms with E-state index in [9.17, 15) is 4.79 Å². The van der Waals surface area contributed by atoms with E-state index in [0.29, 0.717) is 12.0 Å². The van der Waals surface area contributed by atoms with Crippen LogP contribution in [-0.4, -0.2) is 24.0 Å². The molecular formula is C12H18N2O2. The average molecular weight is 222 g/mol. The van der Waals surface area contributed by atoms with Crippen LogP contribution in [0.2, 0.25) is 0 Å². The molecule has 1 heterocycles. The maximum absolute atomic E-state index is 12.1. The molecule has 1 aromatic rings. The van der Waals surface area contributed by atoms with Crippen molar-refractivity contribution in [1.82, 2.24) is 4.98 Å². The molecule has 1 rings (SSSR count). The third-order valence-electron chi connectivity index (χ3n) is 2.45. The number of hydrogen-bond donors (Lipinski definition) is 1. The third kappa shape index (κ3) is 2.79. The second-order valence-electron chi connectivity index (χ2n) is 3.82. The Labute approximate surface area is 95.8 Å². The van der Waals surface area contributed by atoms with Crippen LogP contribution in [0.4, 0.5) is 5.82 Å². The number of pyridine rings is 1. The molecule has 1 unspecified atom stereocenters. The lowest BCUT2D eigenvalue weighted by molar-refractivity contribution is 0.0579. The van der Waals surface area contributed by atoms with Gasteiger partial charge < -0.3 is 10.5 Å². The molecule has 0 aliphatic carbocycles. The summed E-state index contributed by atoms with van der Waals surface area (Å²) < 4.78 is 5.17. The number of nitrogen functional groups attached to an aromatic ring is 1. The molecule has 16 heavy (non-hydrogen) atoms. The van der Waals surface area contributed by atoms with Gasteiger partial charge >= 0.3 is 0 Å². The molecule has 0 spiro atoms. The lowest BCUT2D eigenvalue weighted by Crippen LogP contribution is -2.24. The highest BCUT2D eigenvalue weighted by molar-refractivity contribution is 6.03. The number of hydrogen-bond acceptors (Lipinski definition) is 4. The van der Waals surface area contributed by atoms with Gasteiger partial charge in [0.1, 0.15) is 11.9 Å². The molecule has 0 fully saturated rings.